The van der Waals surface area contributed by atoms with Crippen LogP contribution in [0.1, 0.15) is 66.8 Å². The zero-order valence-electron chi connectivity index (χ0n) is 23.6. The first-order valence-electron chi connectivity index (χ1n) is 14.8. The lowest BCUT2D eigenvalue weighted by molar-refractivity contribution is -0.150. The van der Waals surface area contributed by atoms with Crippen molar-refractivity contribution in [1.82, 2.24) is 5.32 Å². The normalized spacial score (nSPS) is 26.2. The van der Waals surface area contributed by atoms with E-state index in [9.17, 15) is 19.5 Å². The monoisotopic (exact) mass is 582 g/mol. The number of amides is 2. The third-order valence-corrected chi connectivity index (χ3v) is 9.76. The van der Waals surface area contributed by atoms with E-state index in [1.165, 1.54) is 4.90 Å². The topological polar surface area (TPSA) is 86.7 Å². The van der Waals surface area contributed by atoms with Crippen LogP contribution in [0, 0.1) is 24.7 Å². The minimum absolute atomic E-state index is 0.179. The lowest BCUT2D eigenvalue weighted by Crippen LogP contribution is -2.57. The number of benzene rings is 3. The summed E-state index contributed by atoms with van der Waals surface area (Å²) in [5.74, 6) is -3.62. The second-order valence-corrected chi connectivity index (χ2v) is 12.4. The van der Waals surface area contributed by atoms with E-state index < -0.39 is 35.3 Å². The van der Waals surface area contributed by atoms with Crippen molar-refractivity contribution in [1.29, 1.82) is 0 Å². The molecule has 2 saturated heterocycles. The summed E-state index contributed by atoms with van der Waals surface area (Å²) < 4.78 is 0. The molecule has 4 atom stereocenters. The number of hydrogen-bond donors (Lipinski definition) is 2. The summed E-state index contributed by atoms with van der Waals surface area (Å²) >= 11 is 6.39. The van der Waals surface area contributed by atoms with E-state index in [0.717, 1.165) is 54.4 Å². The molecule has 3 fully saturated rings. The summed E-state index contributed by atoms with van der Waals surface area (Å²) in [5, 5.41) is 14.6. The van der Waals surface area contributed by atoms with Crippen molar-refractivity contribution in [3.63, 3.8) is 0 Å². The molecule has 3 aromatic rings. The van der Waals surface area contributed by atoms with Crippen molar-refractivity contribution in [2.75, 3.05) is 4.90 Å². The molecule has 0 bridgehead atoms. The van der Waals surface area contributed by atoms with E-state index in [-0.39, 0.29) is 11.8 Å². The van der Waals surface area contributed by atoms with Gasteiger partial charge in [-0.25, -0.2) is 4.90 Å². The Hall–Kier alpha value is -3.74. The van der Waals surface area contributed by atoms with Crippen LogP contribution in [-0.2, 0) is 14.4 Å². The van der Waals surface area contributed by atoms with Crippen LogP contribution in [0.3, 0.4) is 0 Å². The number of hydrogen-bond acceptors (Lipinski definition) is 4. The van der Waals surface area contributed by atoms with Gasteiger partial charge in [0.25, 0.3) is 0 Å². The Bertz CT molecular complexity index is 1530. The number of carbonyl (C=O) groups excluding carboxylic acids is 2. The SMILES string of the molecule is Cc1ccc(N2C(=O)C3C(c4ccc(/C=C/c5ccccc5)cc4)NC(CC4CCCCC4)(C(=O)O)C3C2=O)cc1Cl. The van der Waals surface area contributed by atoms with E-state index in [2.05, 4.69) is 5.32 Å². The fourth-order valence-corrected chi connectivity index (χ4v) is 7.33. The second-order valence-electron chi connectivity index (χ2n) is 12.0. The summed E-state index contributed by atoms with van der Waals surface area (Å²) in [5.41, 5.74) is 2.53. The van der Waals surface area contributed by atoms with Gasteiger partial charge in [-0.05, 0) is 53.6 Å². The van der Waals surface area contributed by atoms with E-state index in [1.54, 1.807) is 18.2 Å². The molecule has 3 aliphatic rings. The number of imide groups is 1. The number of halogens is 1. The number of nitrogens with zero attached hydrogens (tertiary/aromatic N) is 1. The first kappa shape index (κ1) is 28.4. The molecule has 0 radical (unpaired) electrons. The third-order valence-electron chi connectivity index (χ3n) is 9.35. The molecule has 2 aliphatic heterocycles. The molecule has 6 nitrogen and oxygen atoms in total. The van der Waals surface area contributed by atoms with Crippen molar-refractivity contribution in [3.05, 3.63) is 100 Å². The average molecular weight is 583 g/mol. The molecule has 1 saturated carbocycles. The Morgan fingerprint density at radius 2 is 1.62 bits per heavy atom. The van der Waals surface area contributed by atoms with E-state index in [1.807, 2.05) is 73.7 Å². The van der Waals surface area contributed by atoms with Crippen LogP contribution in [0.15, 0.2) is 72.8 Å². The summed E-state index contributed by atoms with van der Waals surface area (Å²) in [6, 6.07) is 22.3. The predicted molar refractivity (Wildman–Crippen MR) is 165 cm³/mol. The van der Waals surface area contributed by atoms with Crippen LogP contribution in [0.2, 0.25) is 5.02 Å². The summed E-state index contributed by atoms with van der Waals surface area (Å²) in [6.07, 6.45) is 9.47. The number of carbonyl (C=O) groups is 3. The van der Waals surface area contributed by atoms with Gasteiger partial charge in [-0.2, -0.15) is 0 Å². The number of rotatable bonds is 7. The lowest BCUT2D eigenvalue weighted by Gasteiger charge is -2.35. The van der Waals surface area contributed by atoms with Crippen molar-refractivity contribution < 1.29 is 19.5 Å². The number of aryl methyl sites for hydroxylation is 1. The molecule has 0 spiro atoms. The number of anilines is 1. The third kappa shape index (κ3) is 5.07. The highest BCUT2D eigenvalue weighted by atomic mass is 35.5. The maximum absolute atomic E-state index is 14.2. The highest BCUT2D eigenvalue weighted by Crippen LogP contribution is 2.52. The Morgan fingerprint density at radius 1 is 0.952 bits per heavy atom. The fraction of sp³-hybridized carbons (Fsp3) is 0.343. The van der Waals surface area contributed by atoms with Crippen molar-refractivity contribution in [2.24, 2.45) is 17.8 Å². The smallest absolute Gasteiger partial charge is 0.324 e. The zero-order valence-corrected chi connectivity index (χ0v) is 24.4. The van der Waals surface area contributed by atoms with Crippen LogP contribution >= 0.6 is 11.6 Å². The minimum atomic E-state index is -1.54. The summed E-state index contributed by atoms with van der Waals surface area (Å²) in [6.45, 7) is 1.85. The van der Waals surface area contributed by atoms with Gasteiger partial charge in [-0.1, -0.05) is 117 Å². The standard InChI is InChI=1S/C35H35ClN2O4/c1-22-12-19-27(20-28(22)36)38-32(39)29-30(33(38)40)35(34(41)42,21-25-10-6-3-7-11-25)37-31(29)26-17-15-24(16-18-26)14-13-23-8-4-2-5-9-23/h2,4-5,8-9,12-20,25,29-31,37H,3,6-7,10-11,21H2,1H3,(H,41,42)/b14-13+. The predicted octanol–water partition coefficient (Wildman–Crippen LogP) is 7.06. The van der Waals surface area contributed by atoms with E-state index >= 15 is 0 Å². The van der Waals surface area contributed by atoms with Crippen molar-refractivity contribution in [2.45, 2.75) is 57.0 Å². The molecule has 7 heteroatoms. The number of fused-ring (bicyclic) bond motifs is 1. The van der Waals surface area contributed by atoms with Gasteiger partial charge in [0.1, 0.15) is 5.54 Å². The molecule has 42 heavy (non-hydrogen) atoms. The fourth-order valence-electron chi connectivity index (χ4n) is 7.15. The number of carboxylic acids is 1. The van der Waals surface area contributed by atoms with Crippen molar-refractivity contribution in [3.8, 4) is 0 Å². The Kier molecular flexibility index (Phi) is 7.77. The molecule has 2 amide bonds. The number of nitrogens with one attached hydrogen (secondary N) is 1. The van der Waals surface area contributed by atoms with Gasteiger partial charge >= 0.3 is 5.97 Å². The van der Waals surface area contributed by atoms with Gasteiger partial charge in [0.2, 0.25) is 11.8 Å². The quantitative estimate of drug-likeness (QED) is 0.230. The first-order valence-corrected chi connectivity index (χ1v) is 15.1. The molecular weight excluding hydrogens is 548 g/mol. The second kappa shape index (κ2) is 11.5. The molecule has 6 rings (SSSR count). The molecule has 1 aliphatic carbocycles. The lowest BCUT2D eigenvalue weighted by atomic mass is 9.72. The maximum atomic E-state index is 14.2. The molecular formula is C35H35ClN2O4. The highest BCUT2D eigenvalue weighted by Gasteiger charge is 2.68. The van der Waals surface area contributed by atoms with E-state index in [0.29, 0.717) is 17.1 Å². The first-order chi connectivity index (χ1) is 20.3. The minimum Gasteiger partial charge on any atom is -0.480 e. The largest absolute Gasteiger partial charge is 0.480 e. The van der Waals surface area contributed by atoms with Crippen LogP contribution < -0.4 is 10.2 Å². The van der Waals surface area contributed by atoms with Crippen LogP contribution in [0.5, 0.6) is 0 Å². The van der Waals surface area contributed by atoms with Crippen LogP contribution in [-0.4, -0.2) is 28.4 Å². The van der Waals surface area contributed by atoms with Gasteiger partial charge in [0.05, 0.1) is 17.5 Å². The average Bonchev–Trinajstić information content (AvgIpc) is 3.48. The van der Waals surface area contributed by atoms with Gasteiger partial charge in [0.15, 0.2) is 0 Å². The Balaban J connectivity index is 1.38. The number of aliphatic carboxylic acids is 1. The highest BCUT2D eigenvalue weighted by molar-refractivity contribution is 6.32. The molecule has 216 valence electrons. The molecule has 0 aromatic heterocycles. The number of carboxylic acid groups (broad SMARTS) is 1. The Labute approximate surface area is 251 Å². The van der Waals surface area contributed by atoms with E-state index in [4.69, 9.17) is 11.6 Å². The maximum Gasteiger partial charge on any atom is 0.324 e. The van der Waals surface area contributed by atoms with Crippen molar-refractivity contribution >= 4 is 47.2 Å². The summed E-state index contributed by atoms with van der Waals surface area (Å²) in [4.78, 5) is 42.7. The Morgan fingerprint density at radius 3 is 2.26 bits per heavy atom. The summed E-state index contributed by atoms with van der Waals surface area (Å²) in [7, 11) is 0. The molecule has 2 heterocycles. The molecule has 2 N–H and O–H groups in total. The molecule has 3 aromatic carbocycles. The van der Waals surface area contributed by atoms with Crippen LogP contribution in [0.4, 0.5) is 5.69 Å². The van der Waals surface area contributed by atoms with Crippen LogP contribution in [0.25, 0.3) is 12.2 Å². The molecule has 4 unspecified atom stereocenters. The van der Waals surface area contributed by atoms with Gasteiger partial charge in [-0.3, -0.25) is 19.7 Å². The zero-order chi connectivity index (χ0) is 29.4. The van der Waals surface area contributed by atoms with Gasteiger partial charge in [0, 0.05) is 11.1 Å². The van der Waals surface area contributed by atoms with Gasteiger partial charge < -0.3 is 5.11 Å². The van der Waals surface area contributed by atoms with Gasteiger partial charge in [-0.15, -0.1) is 0 Å².